The van der Waals surface area contributed by atoms with Crippen molar-refractivity contribution < 1.29 is 33.7 Å². The molecule has 1 aliphatic carbocycles. The molecule has 1 saturated carbocycles. The van der Waals surface area contributed by atoms with E-state index < -0.39 is 46.9 Å². The molecule has 2 aliphatic heterocycles. The number of carbonyl (C=O) groups excluding carboxylic acids is 3. The number of halogens is 1. The van der Waals surface area contributed by atoms with Crippen molar-refractivity contribution >= 4 is 46.3 Å². The number of aliphatic hydroxyl groups excluding tert-OH is 1. The maximum absolute atomic E-state index is 14.3. The van der Waals surface area contributed by atoms with Gasteiger partial charge in [-0.3, -0.25) is 19.3 Å². The van der Waals surface area contributed by atoms with Gasteiger partial charge in [-0.15, -0.1) is 21.5 Å². The van der Waals surface area contributed by atoms with Crippen LogP contribution in [0.3, 0.4) is 0 Å². The minimum Gasteiger partial charge on any atom is -0.507 e. The number of rotatable bonds is 13. The molecule has 3 aliphatic rings. The molecule has 0 radical (unpaired) electrons. The highest BCUT2D eigenvalue weighted by Gasteiger charge is 2.51. The van der Waals surface area contributed by atoms with Gasteiger partial charge in [0.25, 0.3) is 5.91 Å². The Bertz CT molecular complexity index is 2450. The van der Waals surface area contributed by atoms with Crippen LogP contribution in [0.25, 0.3) is 32.7 Å². The van der Waals surface area contributed by atoms with Crippen LogP contribution in [0.5, 0.6) is 11.5 Å². The molecule has 3 aromatic heterocycles. The number of nitrogens with zero attached hydrogens (tertiary/aromatic N) is 6. The number of phenols is 1. The zero-order valence-electron chi connectivity index (χ0n) is 34.0. The van der Waals surface area contributed by atoms with E-state index in [1.54, 1.807) is 17.6 Å². The second-order valence-electron chi connectivity index (χ2n) is 17.2. The standard InChI is InChI=1S/C44H49FN8O6S/c1-25-38(60-24-48-25)26-9-10-27(19-46-40(56)35-18-30(54)23-53(35)41(57)32(43(2,3)4)20-47-42(58)44(45)11-12-44)37(17-26)59-14-13-52-21-29(22-52)33-15-28-16-34(50-51-39(28)49-33)31-7-5-6-8-36(31)55/h5-10,15-17,20,24,29-30,32,35,54-55H,11-14,18-19,21-23H2,1-4H3,(H,46,56)(H,49,51)/t30-,32?,35+/m1/s1. The molecule has 2 aromatic carbocycles. The molecule has 0 spiro atoms. The van der Waals surface area contributed by atoms with Crippen LogP contribution in [-0.2, 0) is 20.9 Å². The zero-order valence-corrected chi connectivity index (χ0v) is 34.8. The van der Waals surface area contributed by atoms with Gasteiger partial charge in [0.1, 0.15) is 24.1 Å². The number of nitrogens with one attached hydrogen (secondary N) is 2. The second kappa shape index (κ2) is 16.5. The molecule has 8 rings (SSSR count). The number of hydrogen-bond acceptors (Lipinski definition) is 11. The van der Waals surface area contributed by atoms with Crippen LogP contribution in [0.1, 0.15) is 62.9 Å². The predicted molar refractivity (Wildman–Crippen MR) is 225 cm³/mol. The van der Waals surface area contributed by atoms with Gasteiger partial charge in [0.05, 0.1) is 33.8 Å². The lowest BCUT2D eigenvalue weighted by atomic mass is 9.80. The molecule has 60 heavy (non-hydrogen) atoms. The Labute approximate surface area is 350 Å². The Balaban J connectivity index is 0.907. The summed E-state index contributed by atoms with van der Waals surface area (Å²) in [6, 6.07) is 16.0. The number of hydrogen-bond donors (Lipinski definition) is 4. The number of fused-ring (bicyclic) bond motifs is 1. The van der Waals surface area contributed by atoms with E-state index in [1.807, 2.05) is 64.1 Å². The monoisotopic (exact) mass is 836 g/mol. The maximum Gasteiger partial charge on any atom is 0.282 e. The highest BCUT2D eigenvalue weighted by Crippen LogP contribution is 2.41. The number of carbonyl (C=O) groups is 3. The van der Waals surface area contributed by atoms with Crippen LogP contribution in [0.4, 0.5) is 4.39 Å². The highest BCUT2D eigenvalue weighted by molar-refractivity contribution is 7.13. The number of aromatic amines is 1. The Morgan fingerprint density at radius 2 is 1.90 bits per heavy atom. The first-order chi connectivity index (χ1) is 28.7. The Kier molecular flexibility index (Phi) is 11.3. The van der Waals surface area contributed by atoms with E-state index in [-0.39, 0.29) is 44.0 Å². The molecule has 4 N–H and O–H groups in total. The van der Waals surface area contributed by atoms with E-state index in [4.69, 9.17) is 4.74 Å². The summed E-state index contributed by atoms with van der Waals surface area (Å²) in [6.07, 6.45) is 0.566. The maximum atomic E-state index is 14.3. The predicted octanol–water partition coefficient (Wildman–Crippen LogP) is 5.58. The molecule has 2 saturated heterocycles. The summed E-state index contributed by atoms with van der Waals surface area (Å²) in [4.78, 5) is 56.4. The molecule has 314 valence electrons. The number of aromatic hydroxyl groups is 1. The van der Waals surface area contributed by atoms with Crippen LogP contribution in [0.15, 0.2) is 65.1 Å². The molecule has 16 heteroatoms. The minimum absolute atomic E-state index is 0.0487. The second-order valence-corrected chi connectivity index (χ2v) is 18.0. The summed E-state index contributed by atoms with van der Waals surface area (Å²) in [6.45, 7) is 10.2. The first-order valence-corrected chi connectivity index (χ1v) is 21.1. The van der Waals surface area contributed by atoms with Gasteiger partial charge < -0.3 is 30.2 Å². The molecule has 5 aromatic rings. The third-order valence-electron chi connectivity index (χ3n) is 11.6. The number of phenolic OH excluding ortho intramolecular Hbond substituents is 1. The number of alkyl halides is 1. The fourth-order valence-corrected chi connectivity index (χ4v) is 8.61. The number of benzene rings is 2. The summed E-state index contributed by atoms with van der Waals surface area (Å²) >= 11 is 1.53. The Hall–Kier alpha value is -5.58. The molecular formula is C44H49FN8O6S. The van der Waals surface area contributed by atoms with Crippen LogP contribution in [-0.4, -0.2) is 115 Å². The number of aryl methyl sites for hydroxylation is 1. The number of H-pyrrole nitrogens is 1. The van der Waals surface area contributed by atoms with Gasteiger partial charge in [0.2, 0.25) is 11.8 Å². The van der Waals surface area contributed by atoms with Crippen LogP contribution < -0.4 is 10.1 Å². The van der Waals surface area contributed by atoms with Crippen molar-refractivity contribution in [2.75, 3.05) is 32.8 Å². The smallest absolute Gasteiger partial charge is 0.282 e. The molecule has 3 amide bonds. The fraction of sp³-hybridized carbons (Fsp3) is 0.432. The lowest BCUT2D eigenvalue weighted by Crippen LogP contribution is -2.50. The molecule has 3 atom stereocenters. The third kappa shape index (κ3) is 8.67. The number of likely N-dealkylation sites (tertiary alicyclic amines) is 2. The normalized spacial score (nSPS) is 19.7. The van der Waals surface area contributed by atoms with Crippen molar-refractivity contribution in [3.8, 4) is 33.2 Å². The van der Waals surface area contributed by atoms with E-state index in [0.29, 0.717) is 35.8 Å². The number of aliphatic imine (C=N–C) groups is 1. The third-order valence-corrected chi connectivity index (χ3v) is 12.6. The first kappa shape index (κ1) is 41.2. The van der Waals surface area contributed by atoms with Crippen LogP contribution in [0, 0.1) is 18.3 Å². The number of thiazole rings is 1. The van der Waals surface area contributed by atoms with E-state index in [1.165, 1.54) is 22.5 Å². The zero-order chi connectivity index (χ0) is 42.3. The number of aliphatic hydroxyl groups is 1. The number of para-hydroxylation sites is 1. The Morgan fingerprint density at radius 3 is 2.62 bits per heavy atom. The van der Waals surface area contributed by atoms with Crippen molar-refractivity contribution in [1.82, 2.24) is 35.3 Å². The molecule has 5 heterocycles. The van der Waals surface area contributed by atoms with Gasteiger partial charge in [0, 0.05) is 73.5 Å². The lowest BCUT2D eigenvalue weighted by Gasteiger charge is -2.38. The summed E-state index contributed by atoms with van der Waals surface area (Å²) in [5, 5.41) is 33.5. The molecule has 0 bridgehead atoms. The number of amides is 3. The lowest BCUT2D eigenvalue weighted by molar-refractivity contribution is -0.142. The van der Waals surface area contributed by atoms with Crippen molar-refractivity contribution in [3.63, 3.8) is 0 Å². The topological polar surface area (TPSA) is 186 Å². The first-order valence-electron chi connectivity index (χ1n) is 20.2. The summed E-state index contributed by atoms with van der Waals surface area (Å²) < 4.78 is 20.8. The fourth-order valence-electron chi connectivity index (χ4n) is 7.81. The molecule has 14 nitrogen and oxygen atoms in total. The van der Waals surface area contributed by atoms with Crippen molar-refractivity contribution in [1.29, 1.82) is 0 Å². The van der Waals surface area contributed by atoms with Gasteiger partial charge in [0.15, 0.2) is 11.3 Å². The van der Waals surface area contributed by atoms with Crippen molar-refractivity contribution in [3.05, 3.63) is 77.1 Å². The average molecular weight is 837 g/mol. The number of β-amino-alcohol motifs (C(OH)–C–C–N with tert-alkyl or cyclic N) is 1. The van der Waals surface area contributed by atoms with Gasteiger partial charge in [-0.2, -0.15) is 0 Å². The largest absolute Gasteiger partial charge is 0.507 e. The summed E-state index contributed by atoms with van der Waals surface area (Å²) in [5.74, 6) is -1.66. The van der Waals surface area contributed by atoms with Gasteiger partial charge in [-0.05, 0) is 61.1 Å². The molecule has 3 fully saturated rings. The number of aromatic nitrogens is 4. The van der Waals surface area contributed by atoms with E-state index in [9.17, 15) is 29.0 Å². The van der Waals surface area contributed by atoms with Crippen molar-refractivity contribution in [2.24, 2.45) is 16.3 Å². The SMILES string of the molecule is Cc1ncsc1-c1ccc(CNC(=O)[C@@H]2C[C@@H](O)CN2C(=O)C(C=NC(=O)C2(F)CC2)C(C)(C)C)c(OCCN2CC(c3cc4cc(-c5ccccc5O)nnc4[nH]3)C2)c1. The summed E-state index contributed by atoms with van der Waals surface area (Å²) in [7, 11) is 0. The van der Waals surface area contributed by atoms with Crippen LogP contribution >= 0.6 is 11.3 Å². The van der Waals surface area contributed by atoms with Crippen LogP contribution in [0.2, 0.25) is 0 Å². The summed E-state index contributed by atoms with van der Waals surface area (Å²) in [5.41, 5.74) is 4.75. The van der Waals surface area contributed by atoms with E-state index >= 15 is 0 Å². The van der Waals surface area contributed by atoms with E-state index in [2.05, 4.69) is 41.4 Å². The van der Waals surface area contributed by atoms with E-state index in [0.717, 1.165) is 45.9 Å². The average Bonchev–Trinajstić information content (AvgIpc) is 3.47. The minimum atomic E-state index is -1.95. The van der Waals surface area contributed by atoms with Gasteiger partial charge in [-0.25, -0.2) is 14.4 Å². The van der Waals surface area contributed by atoms with Crippen molar-refractivity contribution in [2.45, 2.75) is 77.2 Å². The Morgan fingerprint density at radius 1 is 1.12 bits per heavy atom. The molecular weight excluding hydrogens is 788 g/mol. The quantitative estimate of drug-likeness (QED) is 0.109. The highest BCUT2D eigenvalue weighted by atomic mass is 32.1. The van der Waals surface area contributed by atoms with Gasteiger partial charge in [-0.1, -0.05) is 45.0 Å². The number of ether oxygens (including phenoxy) is 1. The molecule has 1 unspecified atom stereocenters. The van der Waals surface area contributed by atoms with Gasteiger partial charge >= 0.3 is 0 Å².